The average molecular weight is 503 g/mol. The molecule has 3 aromatic rings. The fourth-order valence-electron chi connectivity index (χ4n) is 4.33. The minimum Gasteiger partial charge on any atom is -0.497 e. The van der Waals surface area contributed by atoms with Gasteiger partial charge in [0.1, 0.15) is 17.1 Å². The van der Waals surface area contributed by atoms with Crippen molar-refractivity contribution in [3.63, 3.8) is 0 Å². The quantitative estimate of drug-likeness (QED) is 0.567. The first-order valence-corrected chi connectivity index (χ1v) is 11.6. The van der Waals surface area contributed by atoms with Crippen molar-refractivity contribution in [2.45, 2.75) is 19.4 Å². The van der Waals surface area contributed by atoms with Crippen LogP contribution < -0.4 is 14.9 Å². The Morgan fingerprint density at radius 3 is 2.62 bits per heavy atom. The van der Waals surface area contributed by atoms with Crippen molar-refractivity contribution in [3.8, 4) is 28.4 Å². The molecule has 5 rings (SSSR count). The molecule has 2 aliphatic rings. The van der Waals surface area contributed by atoms with Gasteiger partial charge in [0.2, 0.25) is 0 Å². The Morgan fingerprint density at radius 1 is 1.15 bits per heavy atom. The number of fused-ring (bicyclic) bond motifs is 3. The molecule has 0 spiro atoms. The number of morpholine rings is 1. The molecule has 1 fully saturated rings. The van der Waals surface area contributed by atoms with Crippen LogP contribution in [0.1, 0.15) is 29.9 Å². The number of carbonyl (C=O) groups excluding carboxylic acids is 1. The number of ether oxygens (including phenoxy) is 3. The maximum atomic E-state index is 13.5. The second kappa shape index (κ2) is 8.78. The molecule has 0 aliphatic carbocycles. The van der Waals surface area contributed by atoms with E-state index in [9.17, 15) is 4.79 Å². The third-order valence-electron chi connectivity index (χ3n) is 5.92. The zero-order chi connectivity index (χ0) is 24.0. The standard InChI is InChI=1S/C24H24Cl2N4O4/c1-24(2)20-21(23(31)28-29-8-10-33-11-9-29)27-30(18-7-4-14(25)12-17(18)26)22(20)16-6-5-15(32-3)13-19(16)34-24/h4-7,12-13H,8-11H2,1-3H3,(H,28,31). The molecule has 0 unspecified atom stereocenters. The van der Waals surface area contributed by atoms with E-state index in [2.05, 4.69) is 5.43 Å². The summed E-state index contributed by atoms with van der Waals surface area (Å²) in [5, 5.41) is 7.52. The molecule has 0 bridgehead atoms. The van der Waals surface area contributed by atoms with E-state index >= 15 is 0 Å². The first-order chi connectivity index (χ1) is 16.3. The van der Waals surface area contributed by atoms with Gasteiger partial charge in [0, 0.05) is 29.7 Å². The molecule has 0 saturated carbocycles. The lowest BCUT2D eigenvalue weighted by Gasteiger charge is -2.34. The number of rotatable bonds is 4. The Morgan fingerprint density at radius 2 is 1.91 bits per heavy atom. The van der Waals surface area contributed by atoms with E-state index in [0.29, 0.717) is 59.1 Å². The number of methoxy groups -OCH3 is 1. The van der Waals surface area contributed by atoms with Gasteiger partial charge < -0.3 is 14.2 Å². The molecular weight excluding hydrogens is 479 g/mol. The van der Waals surface area contributed by atoms with Crippen molar-refractivity contribution in [2.75, 3.05) is 33.4 Å². The third-order valence-corrected chi connectivity index (χ3v) is 6.46. The first-order valence-electron chi connectivity index (χ1n) is 10.9. The van der Waals surface area contributed by atoms with Gasteiger partial charge in [0.25, 0.3) is 5.91 Å². The van der Waals surface area contributed by atoms with Gasteiger partial charge in [0.05, 0.1) is 42.3 Å². The van der Waals surface area contributed by atoms with E-state index < -0.39 is 5.60 Å². The number of benzene rings is 2. The fraction of sp³-hybridized carbons (Fsp3) is 0.333. The molecular formula is C24H24Cl2N4O4. The summed E-state index contributed by atoms with van der Waals surface area (Å²) in [7, 11) is 1.60. The van der Waals surface area contributed by atoms with Gasteiger partial charge in [0.15, 0.2) is 5.69 Å². The monoisotopic (exact) mass is 502 g/mol. The molecule has 0 atom stereocenters. The fourth-order valence-corrected chi connectivity index (χ4v) is 4.82. The van der Waals surface area contributed by atoms with Gasteiger partial charge >= 0.3 is 0 Å². The summed E-state index contributed by atoms with van der Waals surface area (Å²) in [6.07, 6.45) is 0. The van der Waals surface area contributed by atoms with E-state index in [1.165, 1.54) is 0 Å². The lowest BCUT2D eigenvalue weighted by molar-refractivity contribution is 0.0121. The SMILES string of the molecule is COc1ccc2c(c1)OC(C)(C)c1c(C(=O)NN3CCOCC3)nn(-c3ccc(Cl)cc3Cl)c1-2. The summed E-state index contributed by atoms with van der Waals surface area (Å²) < 4.78 is 18.8. The highest BCUT2D eigenvalue weighted by molar-refractivity contribution is 6.35. The van der Waals surface area contributed by atoms with Crippen LogP contribution >= 0.6 is 23.2 Å². The summed E-state index contributed by atoms with van der Waals surface area (Å²) >= 11 is 12.7. The first kappa shape index (κ1) is 23.0. The lowest BCUT2D eigenvalue weighted by Crippen LogP contribution is -2.49. The van der Waals surface area contributed by atoms with Gasteiger partial charge in [-0.05, 0) is 44.2 Å². The van der Waals surface area contributed by atoms with Crippen molar-refractivity contribution in [3.05, 3.63) is 57.7 Å². The largest absolute Gasteiger partial charge is 0.497 e. The smallest absolute Gasteiger partial charge is 0.286 e. The second-order valence-corrected chi connectivity index (χ2v) is 9.44. The number of carbonyl (C=O) groups is 1. The Bertz CT molecular complexity index is 1270. The molecule has 2 aliphatic heterocycles. The van der Waals surface area contributed by atoms with Crippen LogP contribution in [0.15, 0.2) is 36.4 Å². The number of hydrazine groups is 1. The van der Waals surface area contributed by atoms with Crippen molar-refractivity contribution in [1.29, 1.82) is 0 Å². The number of nitrogens with zero attached hydrogens (tertiary/aromatic N) is 3. The molecule has 0 radical (unpaired) electrons. The second-order valence-electron chi connectivity index (χ2n) is 8.59. The van der Waals surface area contributed by atoms with Gasteiger partial charge in [-0.3, -0.25) is 10.2 Å². The number of amides is 1. The highest BCUT2D eigenvalue weighted by Gasteiger charge is 2.42. The maximum Gasteiger partial charge on any atom is 0.286 e. The molecule has 10 heteroatoms. The molecule has 1 N–H and O–H groups in total. The van der Waals surface area contributed by atoms with E-state index in [1.807, 2.05) is 37.1 Å². The number of hydrogen-bond donors (Lipinski definition) is 1. The highest BCUT2D eigenvalue weighted by atomic mass is 35.5. The minimum atomic E-state index is -0.858. The van der Waals surface area contributed by atoms with Crippen LogP contribution in [0.3, 0.4) is 0 Å². The number of halogens is 2. The zero-order valence-electron chi connectivity index (χ0n) is 19.0. The summed E-state index contributed by atoms with van der Waals surface area (Å²) in [6.45, 7) is 6.12. The van der Waals surface area contributed by atoms with Crippen molar-refractivity contribution in [2.24, 2.45) is 0 Å². The van der Waals surface area contributed by atoms with E-state index in [1.54, 1.807) is 30.0 Å². The zero-order valence-corrected chi connectivity index (χ0v) is 20.5. The van der Waals surface area contributed by atoms with Crippen LogP contribution in [0, 0.1) is 0 Å². The van der Waals surface area contributed by atoms with Crippen molar-refractivity contribution < 1.29 is 19.0 Å². The van der Waals surface area contributed by atoms with Crippen LogP contribution in [-0.4, -0.2) is 54.1 Å². The average Bonchev–Trinajstić information content (AvgIpc) is 3.21. The van der Waals surface area contributed by atoms with E-state index in [0.717, 1.165) is 11.3 Å². The van der Waals surface area contributed by atoms with Crippen LogP contribution in [0.25, 0.3) is 16.9 Å². The van der Waals surface area contributed by atoms with Crippen molar-refractivity contribution >= 4 is 29.1 Å². The Hall–Kier alpha value is -2.78. The number of aromatic nitrogens is 2. The predicted molar refractivity (Wildman–Crippen MR) is 129 cm³/mol. The van der Waals surface area contributed by atoms with Crippen LogP contribution in [0.2, 0.25) is 10.0 Å². The predicted octanol–water partition coefficient (Wildman–Crippen LogP) is 4.46. The summed E-state index contributed by atoms with van der Waals surface area (Å²) in [5.41, 5.74) is 5.14. The molecule has 1 saturated heterocycles. The number of nitrogens with one attached hydrogen (secondary N) is 1. The topological polar surface area (TPSA) is 77.8 Å². The van der Waals surface area contributed by atoms with Crippen LogP contribution in [0.5, 0.6) is 11.5 Å². The summed E-state index contributed by atoms with van der Waals surface area (Å²) in [5.74, 6) is 0.970. The molecule has 1 aromatic heterocycles. The Balaban J connectivity index is 1.71. The Kier molecular flexibility index (Phi) is 5.93. The Labute approximate surface area is 207 Å². The lowest BCUT2D eigenvalue weighted by atomic mass is 9.88. The van der Waals surface area contributed by atoms with E-state index in [4.69, 9.17) is 42.5 Å². The molecule has 178 valence electrons. The van der Waals surface area contributed by atoms with Gasteiger partial charge in [-0.25, -0.2) is 9.69 Å². The van der Waals surface area contributed by atoms with Crippen molar-refractivity contribution in [1.82, 2.24) is 20.2 Å². The maximum absolute atomic E-state index is 13.5. The number of hydrogen-bond acceptors (Lipinski definition) is 6. The summed E-state index contributed by atoms with van der Waals surface area (Å²) in [4.78, 5) is 13.5. The van der Waals surface area contributed by atoms with Gasteiger partial charge in [-0.2, -0.15) is 5.10 Å². The molecule has 1 amide bonds. The minimum absolute atomic E-state index is 0.263. The summed E-state index contributed by atoms with van der Waals surface area (Å²) in [6, 6.07) is 10.7. The molecule has 2 aromatic carbocycles. The normalized spacial score (nSPS) is 16.9. The third kappa shape index (κ3) is 4.01. The molecule has 3 heterocycles. The van der Waals surface area contributed by atoms with Gasteiger partial charge in [-0.1, -0.05) is 23.2 Å². The van der Waals surface area contributed by atoms with Crippen LogP contribution in [0.4, 0.5) is 0 Å². The van der Waals surface area contributed by atoms with Crippen LogP contribution in [-0.2, 0) is 10.3 Å². The highest BCUT2D eigenvalue weighted by Crippen LogP contribution is 2.48. The van der Waals surface area contributed by atoms with Gasteiger partial charge in [-0.15, -0.1) is 0 Å². The molecule has 34 heavy (non-hydrogen) atoms. The van der Waals surface area contributed by atoms with E-state index in [-0.39, 0.29) is 11.6 Å². The molecule has 8 nitrogen and oxygen atoms in total.